The number of benzene rings is 1. The van der Waals surface area contributed by atoms with Crippen molar-refractivity contribution in [3.63, 3.8) is 0 Å². The summed E-state index contributed by atoms with van der Waals surface area (Å²) in [6, 6.07) is 2.11. The van der Waals surface area contributed by atoms with Crippen molar-refractivity contribution >= 4 is 34.4 Å². The molecule has 0 heterocycles. The van der Waals surface area contributed by atoms with E-state index < -0.39 is 0 Å². The van der Waals surface area contributed by atoms with Crippen molar-refractivity contribution in [2.75, 3.05) is 5.73 Å². The second-order valence-corrected chi connectivity index (χ2v) is 5.08. The molecule has 1 nitrogen and oxygen atoms in total. The summed E-state index contributed by atoms with van der Waals surface area (Å²) in [6.07, 6.45) is 2.02. The van der Waals surface area contributed by atoms with Gasteiger partial charge in [0.1, 0.15) is 0 Å². The summed E-state index contributed by atoms with van der Waals surface area (Å²) >= 11 is 2.27. The first-order valence-electron chi connectivity index (χ1n) is 4.88. The van der Waals surface area contributed by atoms with Crippen LogP contribution in [0, 0.1) is 17.4 Å². The van der Waals surface area contributed by atoms with Crippen LogP contribution in [0.25, 0.3) is 6.08 Å². The summed E-state index contributed by atoms with van der Waals surface area (Å²) in [4.78, 5) is 0. The molecule has 15 heavy (non-hydrogen) atoms. The van der Waals surface area contributed by atoms with E-state index in [1.165, 1.54) is 16.7 Å². The molecule has 1 aromatic carbocycles. The maximum atomic E-state index is 6.00. The van der Waals surface area contributed by atoms with Gasteiger partial charge in [0.2, 0.25) is 0 Å². The molecular weight excluding hydrogens is 297 g/mol. The summed E-state index contributed by atoms with van der Waals surface area (Å²) in [5.74, 6) is 0. The normalized spacial score (nSPS) is 9.67. The Balaban J connectivity index is 3.43. The van der Waals surface area contributed by atoms with Gasteiger partial charge in [0.25, 0.3) is 0 Å². The fraction of sp³-hybridized carbons (Fsp3) is 0.308. The predicted molar refractivity (Wildman–Crippen MR) is 75.9 cm³/mol. The number of hydrogen-bond donors (Lipinski definition) is 1. The Hall–Kier alpha value is -0.730. The summed E-state index contributed by atoms with van der Waals surface area (Å²) in [5.41, 5.74) is 14.9. The summed E-state index contributed by atoms with van der Waals surface area (Å²) in [6.45, 7) is 8.24. The van der Waals surface area contributed by atoms with Crippen LogP contribution in [0.2, 0.25) is 0 Å². The topological polar surface area (TPSA) is 26.0 Å². The lowest BCUT2D eigenvalue weighted by molar-refractivity contribution is 1.34. The Morgan fingerprint density at radius 2 is 2.00 bits per heavy atom. The molecule has 0 aromatic heterocycles. The number of nitrogens with two attached hydrogens (primary N) is 1. The van der Waals surface area contributed by atoms with E-state index in [9.17, 15) is 0 Å². The smallest absolute Gasteiger partial charge is 0.0485 e. The molecule has 0 aliphatic heterocycles. The molecular formula is C13H16IN. The van der Waals surface area contributed by atoms with Crippen molar-refractivity contribution < 1.29 is 0 Å². The lowest BCUT2D eigenvalue weighted by Crippen LogP contribution is -1.98. The number of nitrogen functional groups attached to an aromatic ring is 1. The maximum Gasteiger partial charge on any atom is 0.0485 e. The molecule has 2 heteroatoms. The molecule has 80 valence electrons. The predicted octanol–water partition coefficient (Wildman–Crippen LogP) is 4.07. The SMILES string of the molecule is CC(C)=C=Cc1c(C)cc(I)c(N)c1C. The molecule has 1 rings (SSSR count). The van der Waals surface area contributed by atoms with Crippen molar-refractivity contribution in [2.45, 2.75) is 27.7 Å². The first kappa shape index (κ1) is 12.3. The van der Waals surface area contributed by atoms with Crippen LogP contribution in [0.5, 0.6) is 0 Å². The number of rotatable bonds is 1. The van der Waals surface area contributed by atoms with Gasteiger partial charge in [-0.15, -0.1) is 5.73 Å². The van der Waals surface area contributed by atoms with Crippen molar-refractivity contribution in [2.24, 2.45) is 0 Å². The number of hydrogen-bond acceptors (Lipinski definition) is 1. The fourth-order valence-corrected chi connectivity index (χ4v) is 2.28. The monoisotopic (exact) mass is 313 g/mol. The van der Waals surface area contributed by atoms with E-state index in [1.54, 1.807) is 0 Å². The Labute approximate surface area is 105 Å². The molecule has 0 atom stereocenters. The van der Waals surface area contributed by atoms with E-state index in [2.05, 4.69) is 48.2 Å². The summed E-state index contributed by atoms with van der Waals surface area (Å²) < 4.78 is 1.12. The molecule has 0 spiro atoms. The maximum absolute atomic E-state index is 6.00. The standard InChI is InChI=1S/C13H16IN/c1-8(2)5-6-11-9(3)7-12(14)13(15)10(11)4/h6-7H,15H2,1-4H3. The van der Waals surface area contributed by atoms with Crippen LogP contribution in [0.3, 0.4) is 0 Å². The third-order valence-electron chi connectivity index (χ3n) is 2.34. The minimum atomic E-state index is 0.878. The van der Waals surface area contributed by atoms with Gasteiger partial charge in [-0.3, -0.25) is 0 Å². The quantitative estimate of drug-likeness (QED) is 0.472. The Bertz CT molecular complexity index is 448. The minimum absolute atomic E-state index is 0.878. The summed E-state index contributed by atoms with van der Waals surface area (Å²) in [5, 5.41) is 0. The molecule has 0 saturated heterocycles. The molecule has 0 radical (unpaired) electrons. The third-order valence-corrected chi connectivity index (χ3v) is 3.23. The van der Waals surface area contributed by atoms with Crippen LogP contribution in [-0.4, -0.2) is 0 Å². The van der Waals surface area contributed by atoms with E-state index >= 15 is 0 Å². The highest BCUT2D eigenvalue weighted by Crippen LogP contribution is 2.26. The van der Waals surface area contributed by atoms with Crippen LogP contribution in [0.1, 0.15) is 30.5 Å². The molecule has 0 aliphatic carbocycles. The van der Waals surface area contributed by atoms with E-state index in [0.717, 1.165) is 14.8 Å². The van der Waals surface area contributed by atoms with Crippen LogP contribution in [0.4, 0.5) is 5.69 Å². The lowest BCUT2D eigenvalue weighted by Gasteiger charge is -2.09. The zero-order valence-electron chi connectivity index (χ0n) is 9.61. The molecule has 0 fully saturated rings. The van der Waals surface area contributed by atoms with E-state index in [1.807, 2.05) is 19.9 Å². The average molecular weight is 313 g/mol. The second kappa shape index (κ2) is 4.86. The Kier molecular flexibility index (Phi) is 4.00. The number of allylic oxidation sites excluding steroid dienone is 1. The first-order valence-corrected chi connectivity index (χ1v) is 5.96. The Morgan fingerprint density at radius 1 is 1.40 bits per heavy atom. The van der Waals surface area contributed by atoms with Gasteiger partial charge in [0.05, 0.1) is 0 Å². The molecule has 2 N–H and O–H groups in total. The van der Waals surface area contributed by atoms with Gasteiger partial charge >= 0.3 is 0 Å². The van der Waals surface area contributed by atoms with Crippen LogP contribution in [0.15, 0.2) is 17.4 Å². The van der Waals surface area contributed by atoms with Crippen molar-refractivity contribution in [3.05, 3.63) is 37.6 Å². The largest absolute Gasteiger partial charge is 0.398 e. The number of aryl methyl sites for hydroxylation is 1. The van der Waals surface area contributed by atoms with Gasteiger partial charge in [0.15, 0.2) is 0 Å². The average Bonchev–Trinajstić information content (AvgIpc) is 2.14. The zero-order valence-corrected chi connectivity index (χ0v) is 11.8. The van der Waals surface area contributed by atoms with Gasteiger partial charge in [-0.1, -0.05) is 0 Å². The molecule has 0 aliphatic rings. The molecule has 0 saturated carbocycles. The lowest BCUT2D eigenvalue weighted by atomic mass is 10.0. The summed E-state index contributed by atoms with van der Waals surface area (Å²) in [7, 11) is 0. The third kappa shape index (κ3) is 2.86. The highest BCUT2D eigenvalue weighted by atomic mass is 127. The first-order chi connectivity index (χ1) is 6.93. The van der Waals surface area contributed by atoms with Gasteiger partial charge in [0, 0.05) is 9.26 Å². The number of halogens is 1. The van der Waals surface area contributed by atoms with Gasteiger partial charge < -0.3 is 5.73 Å². The number of anilines is 1. The van der Waals surface area contributed by atoms with Crippen molar-refractivity contribution in [1.29, 1.82) is 0 Å². The van der Waals surface area contributed by atoms with Crippen LogP contribution >= 0.6 is 22.6 Å². The van der Waals surface area contributed by atoms with Crippen molar-refractivity contribution in [3.8, 4) is 0 Å². The molecule has 0 bridgehead atoms. The van der Waals surface area contributed by atoms with E-state index in [4.69, 9.17) is 5.73 Å². The Morgan fingerprint density at radius 3 is 2.53 bits per heavy atom. The molecule has 0 amide bonds. The van der Waals surface area contributed by atoms with E-state index in [0.29, 0.717) is 0 Å². The zero-order chi connectivity index (χ0) is 11.6. The fourth-order valence-electron chi connectivity index (χ4n) is 1.40. The highest BCUT2D eigenvalue weighted by molar-refractivity contribution is 14.1. The minimum Gasteiger partial charge on any atom is -0.398 e. The molecule has 0 unspecified atom stereocenters. The van der Waals surface area contributed by atoms with Crippen LogP contribution in [-0.2, 0) is 0 Å². The second-order valence-electron chi connectivity index (χ2n) is 3.92. The van der Waals surface area contributed by atoms with Gasteiger partial charge in [-0.25, -0.2) is 0 Å². The molecule has 1 aromatic rings. The van der Waals surface area contributed by atoms with E-state index in [-0.39, 0.29) is 0 Å². The highest BCUT2D eigenvalue weighted by Gasteiger charge is 2.06. The van der Waals surface area contributed by atoms with Crippen molar-refractivity contribution in [1.82, 2.24) is 0 Å². The van der Waals surface area contributed by atoms with Gasteiger partial charge in [-0.2, -0.15) is 0 Å². The van der Waals surface area contributed by atoms with Gasteiger partial charge in [-0.05, 0) is 84.7 Å². The van der Waals surface area contributed by atoms with Crippen LogP contribution < -0.4 is 5.73 Å².